The number of rotatable bonds is 3. The third kappa shape index (κ3) is 2.63. The summed E-state index contributed by atoms with van der Waals surface area (Å²) in [6.45, 7) is 0. The van der Waals surface area contributed by atoms with Crippen molar-refractivity contribution in [2.45, 2.75) is 10.6 Å². The quantitative estimate of drug-likeness (QED) is 0.850. The molecule has 1 unspecified atom stereocenters. The molecule has 0 bridgehead atoms. The second-order valence-corrected chi connectivity index (χ2v) is 5.11. The highest BCUT2D eigenvalue weighted by atomic mass is 32.2. The van der Waals surface area contributed by atoms with Gasteiger partial charge in [-0.25, -0.2) is 4.39 Å². The summed E-state index contributed by atoms with van der Waals surface area (Å²) in [5, 5.41) is 8.93. The van der Waals surface area contributed by atoms with Crippen molar-refractivity contribution in [3.8, 4) is 6.07 Å². The number of hydrogen-bond acceptors (Lipinski definition) is 2. The highest BCUT2D eigenvalue weighted by molar-refractivity contribution is 7.84. The molecule has 2 aromatic rings. The Kier molecular flexibility index (Phi) is 3.85. The first-order valence-corrected chi connectivity index (χ1v) is 6.65. The first kappa shape index (κ1) is 12.5. The summed E-state index contributed by atoms with van der Waals surface area (Å²) in [6.07, 6.45) is 0. The van der Waals surface area contributed by atoms with Crippen molar-refractivity contribution >= 4 is 10.8 Å². The summed E-state index contributed by atoms with van der Waals surface area (Å²) in [5.74, 6) is -0.338. The molecule has 2 aromatic carbocycles. The van der Waals surface area contributed by atoms with Gasteiger partial charge in [-0.05, 0) is 23.8 Å². The van der Waals surface area contributed by atoms with Crippen molar-refractivity contribution in [3.63, 3.8) is 0 Å². The maximum atomic E-state index is 13.5. The van der Waals surface area contributed by atoms with Gasteiger partial charge in [-0.3, -0.25) is 4.21 Å². The molecule has 90 valence electrons. The summed E-state index contributed by atoms with van der Waals surface area (Å²) in [6, 6.07) is 14.9. The van der Waals surface area contributed by atoms with Gasteiger partial charge in [0, 0.05) is 0 Å². The van der Waals surface area contributed by atoms with Crippen LogP contribution in [0.15, 0.2) is 53.4 Å². The zero-order valence-corrected chi connectivity index (χ0v) is 10.3. The van der Waals surface area contributed by atoms with E-state index in [4.69, 9.17) is 5.26 Å². The van der Waals surface area contributed by atoms with Gasteiger partial charge < -0.3 is 0 Å². The van der Waals surface area contributed by atoms with Gasteiger partial charge in [0.1, 0.15) is 5.82 Å². The molecule has 1 atom stereocenters. The van der Waals surface area contributed by atoms with Crippen LogP contribution in [0.5, 0.6) is 0 Å². The van der Waals surface area contributed by atoms with Crippen LogP contribution in [0.2, 0.25) is 0 Å². The number of hydrogen-bond donors (Lipinski definition) is 0. The predicted molar refractivity (Wildman–Crippen MR) is 67.7 cm³/mol. The summed E-state index contributed by atoms with van der Waals surface area (Å²) in [7, 11) is -1.48. The fourth-order valence-corrected chi connectivity index (χ4v) is 2.81. The van der Waals surface area contributed by atoms with Gasteiger partial charge in [0.2, 0.25) is 0 Å². The van der Waals surface area contributed by atoms with Crippen LogP contribution in [-0.2, 0) is 16.6 Å². The third-order valence-corrected chi connectivity index (χ3v) is 3.90. The zero-order valence-electron chi connectivity index (χ0n) is 9.47. The lowest BCUT2D eigenvalue weighted by Gasteiger charge is -2.05. The van der Waals surface area contributed by atoms with Crippen LogP contribution < -0.4 is 0 Å². The third-order valence-electron chi connectivity index (χ3n) is 2.51. The molecule has 2 nitrogen and oxygen atoms in total. The van der Waals surface area contributed by atoms with Crippen LogP contribution >= 0.6 is 0 Å². The second kappa shape index (κ2) is 5.56. The van der Waals surface area contributed by atoms with Gasteiger partial charge in [-0.1, -0.05) is 30.3 Å². The van der Waals surface area contributed by atoms with Gasteiger partial charge in [-0.2, -0.15) is 5.26 Å². The zero-order chi connectivity index (χ0) is 13.0. The lowest BCUT2D eigenvalue weighted by atomic mass is 10.1. The molecule has 0 saturated heterocycles. The van der Waals surface area contributed by atoms with E-state index in [-0.39, 0.29) is 10.6 Å². The van der Waals surface area contributed by atoms with Crippen molar-refractivity contribution in [1.29, 1.82) is 5.26 Å². The fraction of sp³-hybridized carbons (Fsp3) is 0.0714. The topological polar surface area (TPSA) is 40.9 Å². The maximum absolute atomic E-state index is 13.5. The standard InChI is InChI=1S/C14H10FNOS/c15-13-7-3-4-8-14(13)18(17)10-12-6-2-1-5-11(12)9-16/h1-8H,10H2. The molecule has 18 heavy (non-hydrogen) atoms. The highest BCUT2D eigenvalue weighted by Gasteiger charge is 2.11. The highest BCUT2D eigenvalue weighted by Crippen LogP contribution is 2.17. The van der Waals surface area contributed by atoms with E-state index in [0.717, 1.165) is 0 Å². The summed E-state index contributed by atoms with van der Waals surface area (Å²) >= 11 is 0. The Morgan fingerprint density at radius 1 is 1.11 bits per heavy atom. The van der Waals surface area contributed by atoms with Crippen LogP contribution in [0.3, 0.4) is 0 Å². The fourth-order valence-electron chi connectivity index (χ4n) is 1.60. The van der Waals surface area contributed by atoms with Crippen LogP contribution in [0.4, 0.5) is 4.39 Å². The van der Waals surface area contributed by atoms with E-state index in [9.17, 15) is 8.60 Å². The molecule has 0 radical (unpaired) electrons. The van der Waals surface area contributed by atoms with Gasteiger partial charge in [0.05, 0.1) is 33.1 Å². The molecular formula is C14H10FNOS. The van der Waals surface area contributed by atoms with Gasteiger partial charge in [0.15, 0.2) is 0 Å². The molecule has 0 aliphatic rings. The van der Waals surface area contributed by atoms with Crippen LogP contribution in [0.1, 0.15) is 11.1 Å². The number of halogens is 1. The van der Waals surface area contributed by atoms with Crippen molar-refractivity contribution in [1.82, 2.24) is 0 Å². The number of nitriles is 1. The largest absolute Gasteiger partial charge is 0.254 e. The minimum atomic E-state index is -1.48. The first-order chi connectivity index (χ1) is 8.72. The van der Waals surface area contributed by atoms with Gasteiger partial charge in [0.25, 0.3) is 0 Å². The molecule has 0 aliphatic carbocycles. The van der Waals surface area contributed by atoms with Crippen molar-refractivity contribution < 1.29 is 8.60 Å². The van der Waals surface area contributed by atoms with E-state index in [2.05, 4.69) is 0 Å². The minimum Gasteiger partial charge on any atom is -0.254 e. The molecule has 2 rings (SSSR count). The van der Waals surface area contributed by atoms with E-state index in [0.29, 0.717) is 11.1 Å². The predicted octanol–water partition coefficient (Wildman–Crippen LogP) is 3.01. The van der Waals surface area contributed by atoms with Crippen molar-refractivity contribution in [2.75, 3.05) is 0 Å². The van der Waals surface area contributed by atoms with E-state index in [1.165, 1.54) is 12.1 Å². The molecule has 4 heteroatoms. The smallest absolute Gasteiger partial charge is 0.139 e. The average molecular weight is 259 g/mol. The van der Waals surface area contributed by atoms with Gasteiger partial charge in [-0.15, -0.1) is 0 Å². The Bertz CT molecular complexity index is 634. The normalized spacial score (nSPS) is 11.8. The molecular weight excluding hydrogens is 249 g/mol. The SMILES string of the molecule is N#Cc1ccccc1CS(=O)c1ccccc1F. The molecule has 0 heterocycles. The van der Waals surface area contributed by atoms with E-state index < -0.39 is 16.6 Å². The van der Waals surface area contributed by atoms with E-state index in [1.54, 1.807) is 36.4 Å². The van der Waals surface area contributed by atoms with Crippen LogP contribution in [-0.4, -0.2) is 4.21 Å². The Labute approximate surface area is 107 Å². The van der Waals surface area contributed by atoms with E-state index in [1.807, 2.05) is 6.07 Å². The molecule has 0 aliphatic heterocycles. The Morgan fingerprint density at radius 3 is 2.50 bits per heavy atom. The number of benzene rings is 2. The Morgan fingerprint density at radius 2 is 1.78 bits per heavy atom. The minimum absolute atomic E-state index is 0.144. The lowest BCUT2D eigenvalue weighted by Crippen LogP contribution is -2.00. The van der Waals surface area contributed by atoms with Crippen LogP contribution in [0, 0.1) is 17.1 Å². The Balaban J connectivity index is 2.28. The molecule has 0 saturated carbocycles. The van der Waals surface area contributed by atoms with Crippen LogP contribution in [0.25, 0.3) is 0 Å². The van der Waals surface area contributed by atoms with Crippen molar-refractivity contribution in [2.24, 2.45) is 0 Å². The molecule has 0 N–H and O–H groups in total. The summed E-state index contributed by atoms with van der Waals surface area (Å²) in [4.78, 5) is 0.172. The van der Waals surface area contributed by atoms with E-state index >= 15 is 0 Å². The monoisotopic (exact) mass is 259 g/mol. The number of nitrogens with zero attached hydrogens (tertiary/aromatic N) is 1. The second-order valence-electron chi connectivity index (χ2n) is 3.69. The lowest BCUT2D eigenvalue weighted by molar-refractivity contribution is 0.595. The maximum Gasteiger partial charge on any atom is 0.139 e. The molecule has 0 amide bonds. The Hall–Kier alpha value is -1.99. The molecule has 0 spiro atoms. The van der Waals surface area contributed by atoms with Crippen molar-refractivity contribution in [3.05, 3.63) is 65.5 Å². The molecule has 0 fully saturated rings. The molecule has 0 aromatic heterocycles. The first-order valence-electron chi connectivity index (χ1n) is 5.33. The summed E-state index contributed by atoms with van der Waals surface area (Å²) in [5.41, 5.74) is 1.14. The average Bonchev–Trinajstić information content (AvgIpc) is 2.39. The summed E-state index contributed by atoms with van der Waals surface area (Å²) < 4.78 is 25.5. The van der Waals surface area contributed by atoms with Gasteiger partial charge >= 0.3 is 0 Å².